The van der Waals surface area contributed by atoms with Gasteiger partial charge in [0.05, 0.1) is 6.04 Å². The molecule has 2 rings (SSSR count). The summed E-state index contributed by atoms with van der Waals surface area (Å²) in [4.78, 5) is 0. The van der Waals surface area contributed by atoms with Gasteiger partial charge in [-0.25, -0.2) is 4.39 Å². The average Bonchev–Trinajstić information content (AvgIpc) is 2.84. The van der Waals surface area contributed by atoms with Crippen molar-refractivity contribution in [1.82, 2.24) is 5.32 Å². The molecule has 1 atom stereocenters. The molecule has 0 spiro atoms. The Morgan fingerprint density at radius 2 is 2.26 bits per heavy atom. The molecule has 0 radical (unpaired) electrons. The maximum atomic E-state index is 13.6. The third kappa shape index (κ3) is 3.51. The maximum Gasteiger partial charge on any atom is 0.169 e. The van der Waals surface area contributed by atoms with Crippen LogP contribution in [0, 0.1) is 5.82 Å². The number of para-hydroxylation sites is 1. The highest BCUT2D eigenvalue weighted by Crippen LogP contribution is 2.28. The molecular formula is C15H20FNOS. The quantitative estimate of drug-likeness (QED) is 0.816. The van der Waals surface area contributed by atoms with E-state index in [1.54, 1.807) is 6.07 Å². The van der Waals surface area contributed by atoms with Crippen LogP contribution in [0.1, 0.15) is 31.6 Å². The predicted molar refractivity (Wildman–Crippen MR) is 80.2 cm³/mol. The highest BCUT2D eigenvalue weighted by molar-refractivity contribution is 7.98. The Balaban J connectivity index is 2.24. The summed E-state index contributed by atoms with van der Waals surface area (Å²) in [5.74, 6) is 1.60. The molecule has 0 saturated carbocycles. The zero-order valence-electron chi connectivity index (χ0n) is 11.4. The van der Waals surface area contributed by atoms with Gasteiger partial charge < -0.3 is 9.73 Å². The first-order valence-corrected chi connectivity index (χ1v) is 8.06. The van der Waals surface area contributed by atoms with Crippen LogP contribution in [-0.4, -0.2) is 18.6 Å². The van der Waals surface area contributed by atoms with E-state index >= 15 is 0 Å². The van der Waals surface area contributed by atoms with Gasteiger partial charge in [0.2, 0.25) is 0 Å². The number of hydrogen-bond acceptors (Lipinski definition) is 3. The number of thioether (sulfide) groups is 1. The van der Waals surface area contributed by atoms with Crippen LogP contribution in [0.15, 0.2) is 28.7 Å². The van der Waals surface area contributed by atoms with Gasteiger partial charge in [0.15, 0.2) is 11.4 Å². The molecule has 104 valence electrons. The second kappa shape index (κ2) is 6.96. The molecule has 0 amide bonds. The minimum absolute atomic E-state index is 0.166. The lowest BCUT2D eigenvalue weighted by molar-refractivity contribution is 0.417. The lowest BCUT2D eigenvalue weighted by Gasteiger charge is -2.15. The monoisotopic (exact) mass is 281 g/mol. The van der Waals surface area contributed by atoms with Gasteiger partial charge in [0, 0.05) is 5.39 Å². The van der Waals surface area contributed by atoms with Crippen molar-refractivity contribution in [2.45, 2.75) is 25.8 Å². The van der Waals surface area contributed by atoms with Crippen molar-refractivity contribution in [1.29, 1.82) is 0 Å². The van der Waals surface area contributed by atoms with E-state index < -0.39 is 0 Å². The molecule has 0 bridgehead atoms. The number of fused-ring (bicyclic) bond motifs is 1. The van der Waals surface area contributed by atoms with Gasteiger partial charge in [-0.3, -0.25) is 0 Å². The van der Waals surface area contributed by atoms with Crippen molar-refractivity contribution < 1.29 is 8.81 Å². The molecule has 19 heavy (non-hydrogen) atoms. The van der Waals surface area contributed by atoms with E-state index in [9.17, 15) is 4.39 Å². The Morgan fingerprint density at radius 3 is 2.95 bits per heavy atom. The number of furan rings is 1. The van der Waals surface area contributed by atoms with Crippen LogP contribution >= 0.6 is 11.8 Å². The van der Waals surface area contributed by atoms with Crippen molar-refractivity contribution in [2.24, 2.45) is 0 Å². The van der Waals surface area contributed by atoms with Crippen LogP contribution in [0.2, 0.25) is 0 Å². The van der Waals surface area contributed by atoms with Crippen LogP contribution in [0.3, 0.4) is 0 Å². The summed E-state index contributed by atoms with van der Waals surface area (Å²) >= 11 is 1.81. The van der Waals surface area contributed by atoms with Gasteiger partial charge in [0.1, 0.15) is 5.76 Å². The highest BCUT2D eigenvalue weighted by Gasteiger charge is 2.16. The molecule has 2 aromatic rings. The fourth-order valence-corrected chi connectivity index (χ4v) is 2.59. The zero-order valence-corrected chi connectivity index (χ0v) is 12.2. The van der Waals surface area contributed by atoms with Gasteiger partial charge in [-0.2, -0.15) is 11.8 Å². The van der Waals surface area contributed by atoms with Gasteiger partial charge >= 0.3 is 0 Å². The number of nitrogens with one attached hydrogen (secondary N) is 1. The summed E-state index contributed by atoms with van der Waals surface area (Å²) in [7, 11) is 0. The van der Waals surface area contributed by atoms with E-state index in [0.29, 0.717) is 5.58 Å². The van der Waals surface area contributed by atoms with Crippen molar-refractivity contribution in [3.8, 4) is 0 Å². The van der Waals surface area contributed by atoms with E-state index in [1.807, 2.05) is 23.9 Å². The standard InChI is InChI=1S/C15H20FNOS/c1-3-8-17-13(7-9-19-2)14-10-11-5-4-6-12(16)15(11)18-14/h4-6,10,13,17H,3,7-9H2,1-2H3. The summed E-state index contributed by atoms with van der Waals surface area (Å²) < 4.78 is 19.4. The summed E-state index contributed by atoms with van der Waals surface area (Å²) in [6.45, 7) is 3.08. The van der Waals surface area contributed by atoms with Gasteiger partial charge in [-0.1, -0.05) is 19.1 Å². The van der Waals surface area contributed by atoms with E-state index in [1.165, 1.54) is 6.07 Å². The molecule has 0 aliphatic rings. The third-order valence-corrected chi connectivity index (χ3v) is 3.75. The van der Waals surface area contributed by atoms with Crippen LogP contribution < -0.4 is 5.32 Å². The molecule has 1 aromatic heterocycles. The lowest BCUT2D eigenvalue weighted by Crippen LogP contribution is -2.22. The molecule has 2 nitrogen and oxygen atoms in total. The number of halogens is 1. The topological polar surface area (TPSA) is 25.2 Å². The number of hydrogen-bond donors (Lipinski definition) is 1. The Labute approximate surface area is 117 Å². The van der Waals surface area contributed by atoms with E-state index in [-0.39, 0.29) is 11.9 Å². The number of rotatable bonds is 7. The molecule has 0 aliphatic carbocycles. The molecule has 1 unspecified atom stereocenters. The Morgan fingerprint density at radius 1 is 1.42 bits per heavy atom. The second-order valence-electron chi connectivity index (χ2n) is 4.60. The fraction of sp³-hybridized carbons (Fsp3) is 0.467. The normalized spacial score (nSPS) is 13.0. The molecule has 0 saturated heterocycles. The summed E-state index contributed by atoms with van der Waals surface area (Å²) in [5.41, 5.74) is 0.366. The highest BCUT2D eigenvalue weighted by atomic mass is 32.2. The molecule has 0 aliphatic heterocycles. The first-order valence-electron chi connectivity index (χ1n) is 6.66. The zero-order chi connectivity index (χ0) is 13.7. The van der Waals surface area contributed by atoms with E-state index in [0.717, 1.165) is 36.3 Å². The second-order valence-corrected chi connectivity index (χ2v) is 5.58. The molecule has 4 heteroatoms. The van der Waals surface area contributed by atoms with Crippen LogP contribution in [0.5, 0.6) is 0 Å². The van der Waals surface area contributed by atoms with Crippen molar-refractivity contribution >= 4 is 22.7 Å². The van der Waals surface area contributed by atoms with Gasteiger partial charge in [-0.15, -0.1) is 0 Å². The third-order valence-electron chi connectivity index (χ3n) is 3.11. The Bertz CT molecular complexity index is 518. The maximum absolute atomic E-state index is 13.6. The van der Waals surface area contributed by atoms with Crippen LogP contribution in [0.4, 0.5) is 4.39 Å². The van der Waals surface area contributed by atoms with Gasteiger partial charge in [-0.05, 0) is 43.5 Å². The van der Waals surface area contributed by atoms with E-state index in [4.69, 9.17) is 4.42 Å². The number of benzene rings is 1. The molecular weight excluding hydrogens is 261 g/mol. The molecule has 1 N–H and O–H groups in total. The predicted octanol–water partition coefficient (Wildman–Crippen LogP) is 4.37. The summed E-state index contributed by atoms with van der Waals surface area (Å²) in [5, 5.41) is 4.31. The van der Waals surface area contributed by atoms with Crippen molar-refractivity contribution in [2.75, 3.05) is 18.6 Å². The van der Waals surface area contributed by atoms with Crippen LogP contribution in [0.25, 0.3) is 11.0 Å². The average molecular weight is 281 g/mol. The van der Waals surface area contributed by atoms with Crippen LogP contribution in [-0.2, 0) is 0 Å². The van der Waals surface area contributed by atoms with Gasteiger partial charge in [0.25, 0.3) is 0 Å². The lowest BCUT2D eigenvalue weighted by atomic mass is 10.1. The summed E-state index contributed by atoms with van der Waals surface area (Å²) in [6, 6.07) is 7.15. The van der Waals surface area contributed by atoms with Crippen molar-refractivity contribution in [3.05, 3.63) is 35.8 Å². The smallest absolute Gasteiger partial charge is 0.169 e. The first-order chi connectivity index (χ1) is 9.26. The SMILES string of the molecule is CCCNC(CCSC)c1cc2cccc(F)c2o1. The minimum Gasteiger partial charge on any atom is -0.456 e. The Hall–Kier alpha value is -1.00. The first kappa shape index (κ1) is 14.4. The summed E-state index contributed by atoms with van der Waals surface area (Å²) in [6.07, 6.45) is 4.15. The van der Waals surface area contributed by atoms with Crippen molar-refractivity contribution in [3.63, 3.8) is 0 Å². The molecule has 1 heterocycles. The largest absolute Gasteiger partial charge is 0.456 e. The Kier molecular flexibility index (Phi) is 5.28. The molecule has 1 aromatic carbocycles. The fourth-order valence-electron chi connectivity index (χ4n) is 2.12. The molecule has 0 fully saturated rings. The minimum atomic E-state index is -0.289. The van der Waals surface area contributed by atoms with E-state index in [2.05, 4.69) is 18.5 Å².